The lowest BCUT2D eigenvalue weighted by molar-refractivity contribution is 0.250. The number of carbonyl (C=O) groups excluding carboxylic acids is 2. The molecular weight excluding hydrogens is 296 g/mol. The van der Waals surface area contributed by atoms with Gasteiger partial charge in [-0.1, -0.05) is 41.7 Å². The molecule has 0 aliphatic heterocycles. The normalized spacial score (nSPS) is 11.6. The van der Waals surface area contributed by atoms with Crippen LogP contribution in [0.5, 0.6) is 0 Å². The van der Waals surface area contributed by atoms with Gasteiger partial charge in [0.15, 0.2) is 3.95 Å². The fourth-order valence-corrected chi connectivity index (χ4v) is 2.33. The first-order valence-corrected chi connectivity index (χ1v) is 6.94. The molecule has 3 N–H and O–H groups in total. The largest absolute Gasteiger partial charge is 0.327 e. The zero-order valence-electron chi connectivity index (χ0n) is 10.3. The van der Waals surface area contributed by atoms with Crippen molar-refractivity contribution < 1.29 is 9.59 Å². The molecule has 0 saturated carbocycles. The maximum Gasteiger partial charge on any atom is 0.321 e. The molecule has 20 heavy (non-hydrogen) atoms. The molecule has 1 aromatic heterocycles. The van der Waals surface area contributed by atoms with Crippen LogP contribution in [0.3, 0.4) is 0 Å². The lowest BCUT2D eigenvalue weighted by atomic mass is 10.1. The van der Waals surface area contributed by atoms with E-state index in [1.165, 1.54) is 0 Å². The number of hydrogen-bond donors (Lipinski definition) is 3. The zero-order chi connectivity index (χ0) is 14.4. The van der Waals surface area contributed by atoms with Crippen LogP contribution in [0.1, 0.15) is 5.56 Å². The van der Waals surface area contributed by atoms with E-state index in [-0.39, 0.29) is 0 Å². The number of nitrogens with zero attached hydrogens (tertiary/aromatic N) is 1. The number of nitrogens with one attached hydrogen (secondary N) is 3. The molecule has 1 unspecified atom stereocenters. The van der Waals surface area contributed by atoms with Crippen molar-refractivity contribution in [1.29, 1.82) is 0 Å². The van der Waals surface area contributed by atoms with Crippen molar-refractivity contribution in [3.63, 3.8) is 0 Å². The topological polar surface area (TPSA) is 86.9 Å². The van der Waals surface area contributed by atoms with Crippen LogP contribution in [0, 0.1) is 3.95 Å². The molecule has 8 heteroatoms. The molecule has 1 atom stereocenters. The second-order valence-corrected chi connectivity index (χ2v) is 5.54. The van der Waals surface area contributed by atoms with Crippen LogP contribution in [0.2, 0.25) is 0 Å². The minimum atomic E-state index is -0.718. The number of rotatable bonds is 5. The van der Waals surface area contributed by atoms with E-state index in [0.717, 1.165) is 16.9 Å². The van der Waals surface area contributed by atoms with E-state index in [1.807, 2.05) is 30.3 Å². The SMILES string of the molecule is O=[C]C(Cc1ccccc1)NC(=O)Nc1n[nH]c(=S)s1. The van der Waals surface area contributed by atoms with Crippen molar-refractivity contribution in [3.8, 4) is 0 Å². The molecule has 1 radical (unpaired) electrons. The zero-order valence-corrected chi connectivity index (χ0v) is 11.9. The number of aromatic amines is 1. The summed E-state index contributed by atoms with van der Waals surface area (Å²) in [6.45, 7) is 0. The van der Waals surface area contributed by atoms with Crippen molar-refractivity contribution >= 4 is 41.0 Å². The molecule has 0 fully saturated rings. The Morgan fingerprint density at radius 2 is 2.20 bits per heavy atom. The van der Waals surface area contributed by atoms with Gasteiger partial charge in [0.1, 0.15) is 6.04 Å². The number of benzene rings is 1. The van der Waals surface area contributed by atoms with Crippen LogP contribution < -0.4 is 10.6 Å². The van der Waals surface area contributed by atoms with Crippen LogP contribution in [0.25, 0.3) is 0 Å². The average Bonchev–Trinajstić information content (AvgIpc) is 2.84. The number of urea groups is 1. The number of aromatic nitrogens is 2. The molecule has 6 nitrogen and oxygen atoms in total. The van der Waals surface area contributed by atoms with E-state index in [9.17, 15) is 9.59 Å². The second kappa shape index (κ2) is 6.92. The summed E-state index contributed by atoms with van der Waals surface area (Å²) in [6, 6.07) is 8.14. The first-order chi connectivity index (χ1) is 9.67. The summed E-state index contributed by atoms with van der Waals surface area (Å²) in [4.78, 5) is 22.6. The third kappa shape index (κ3) is 4.25. The molecular formula is C12H11N4O2S2. The predicted molar refractivity (Wildman–Crippen MR) is 79.1 cm³/mol. The fraction of sp³-hybridized carbons (Fsp3) is 0.167. The Morgan fingerprint density at radius 3 is 2.80 bits per heavy atom. The first-order valence-electron chi connectivity index (χ1n) is 5.72. The molecule has 0 aliphatic rings. The first kappa shape index (κ1) is 14.4. The van der Waals surface area contributed by atoms with Gasteiger partial charge in [0.25, 0.3) is 0 Å². The summed E-state index contributed by atoms with van der Waals surface area (Å²) >= 11 is 5.98. The highest BCUT2D eigenvalue weighted by atomic mass is 32.1. The predicted octanol–water partition coefficient (Wildman–Crippen LogP) is 2.04. The summed E-state index contributed by atoms with van der Waals surface area (Å²) in [6.07, 6.45) is 2.19. The van der Waals surface area contributed by atoms with Crippen LogP contribution in [0.4, 0.5) is 9.93 Å². The molecule has 1 aromatic carbocycles. The lowest BCUT2D eigenvalue weighted by Gasteiger charge is -2.11. The van der Waals surface area contributed by atoms with Gasteiger partial charge >= 0.3 is 6.03 Å². The number of hydrogen-bond acceptors (Lipinski definition) is 5. The van der Waals surface area contributed by atoms with Gasteiger partial charge in [-0.05, 0) is 17.8 Å². The van der Waals surface area contributed by atoms with E-state index in [4.69, 9.17) is 12.2 Å². The Morgan fingerprint density at radius 1 is 1.45 bits per heavy atom. The number of H-pyrrole nitrogens is 1. The van der Waals surface area contributed by atoms with E-state index < -0.39 is 12.1 Å². The Hall–Kier alpha value is -2.06. The van der Waals surface area contributed by atoms with E-state index in [0.29, 0.717) is 15.5 Å². The highest BCUT2D eigenvalue weighted by Crippen LogP contribution is 2.10. The third-order valence-electron chi connectivity index (χ3n) is 2.39. The summed E-state index contributed by atoms with van der Waals surface area (Å²) < 4.78 is 0.461. The number of carbonyl (C=O) groups is 1. The Labute approximate surface area is 124 Å². The highest BCUT2D eigenvalue weighted by Gasteiger charge is 2.13. The smallest absolute Gasteiger partial charge is 0.321 e. The van der Waals surface area contributed by atoms with Gasteiger partial charge in [-0.25, -0.2) is 4.79 Å². The minimum absolute atomic E-state index is 0.344. The molecule has 0 spiro atoms. The molecule has 0 bridgehead atoms. The van der Waals surface area contributed by atoms with Gasteiger partial charge in [0, 0.05) is 6.42 Å². The van der Waals surface area contributed by atoms with Gasteiger partial charge < -0.3 is 5.32 Å². The maximum atomic E-state index is 11.7. The third-order valence-corrected chi connectivity index (χ3v) is 3.39. The molecule has 0 aliphatic carbocycles. The van der Waals surface area contributed by atoms with E-state index in [2.05, 4.69) is 20.8 Å². The van der Waals surface area contributed by atoms with Crippen molar-refractivity contribution in [2.24, 2.45) is 0 Å². The second-order valence-electron chi connectivity index (χ2n) is 3.88. The summed E-state index contributed by atoms with van der Waals surface area (Å²) in [5.41, 5.74) is 0.941. The maximum absolute atomic E-state index is 11.7. The standard InChI is InChI=1S/C12H11N4O2S2/c17-7-9(6-8-4-2-1-3-5-8)13-10(18)14-11-15-16-12(19)20-11/h1-5,9H,6H2,(H,16,19)(H2,13,14,15,18). The Bertz CT molecular complexity index is 638. The summed E-state index contributed by atoms with van der Waals surface area (Å²) in [5.74, 6) is 0. The van der Waals surface area contributed by atoms with Crippen LogP contribution in [-0.4, -0.2) is 28.6 Å². The Kier molecular flexibility index (Phi) is 4.97. The van der Waals surface area contributed by atoms with Crippen molar-refractivity contribution in [2.75, 3.05) is 5.32 Å². The van der Waals surface area contributed by atoms with Crippen molar-refractivity contribution in [3.05, 3.63) is 39.8 Å². The number of anilines is 1. The van der Waals surface area contributed by atoms with Gasteiger partial charge in [0.05, 0.1) is 0 Å². The van der Waals surface area contributed by atoms with Crippen molar-refractivity contribution in [2.45, 2.75) is 12.5 Å². The molecule has 103 valence electrons. The van der Waals surface area contributed by atoms with E-state index in [1.54, 1.807) is 6.29 Å². The molecule has 2 rings (SSSR count). The minimum Gasteiger partial charge on any atom is -0.327 e. The molecule has 1 heterocycles. The molecule has 0 saturated heterocycles. The number of amides is 2. The van der Waals surface area contributed by atoms with Crippen LogP contribution in [0.15, 0.2) is 30.3 Å². The van der Waals surface area contributed by atoms with Gasteiger partial charge in [-0.15, -0.1) is 5.10 Å². The Balaban J connectivity index is 1.91. The van der Waals surface area contributed by atoms with Gasteiger partial charge in [0.2, 0.25) is 11.4 Å². The van der Waals surface area contributed by atoms with E-state index >= 15 is 0 Å². The van der Waals surface area contributed by atoms with Crippen LogP contribution in [-0.2, 0) is 11.2 Å². The molecule has 2 aromatic rings. The molecule has 2 amide bonds. The summed E-state index contributed by atoms with van der Waals surface area (Å²) in [7, 11) is 0. The quantitative estimate of drug-likeness (QED) is 0.738. The average molecular weight is 307 g/mol. The van der Waals surface area contributed by atoms with Gasteiger partial charge in [-0.2, -0.15) is 0 Å². The van der Waals surface area contributed by atoms with Crippen LogP contribution >= 0.6 is 23.6 Å². The highest BCUT2D eigenvalue weighted by molar-refractivity contribution is 7.73. The van der Waals surface area contributed by atoms with Gasteiger partial charge in [-0.3, -0.25) is 15.2 Å². The lowest BCUT2D eigenvalue weighted by Crippen LogP contribution is -2.40. The summed E-state index contributed by atoms with van der Waals surface area (Å²) in [5, 5.41) is 11.7. The monoisotopic (exact) mass is 307 g/mol. The fourth-order valence-electron chi connectivity index (χ4n) is 1.55. The van der Waals surface area contributed by atoms with Crippen molar-refractivity contribution in [1.82, 2.24) is 15.5 Å².